The number of benzene rings is 1. The van der Waals surface area contributed by atoms with Gasteiger partial charge >= 0.3 is 0 Å². The molecule has 0 radical (unpaired) electrons. The van der Waals surface area contributed by atoms with Gasteiger partial charge in [-0.05, 0) is 37.1 Å². The molecule has 0 saturated carbocycles. The van der Waals surface area contributed by atoms with Crippen molar-refractivity contribution in [3.8, 4) is 0 Å². The number of nitrogens with one attached hydrogen (secondary N) is 3. The van der Waals surface area contributed by atoms with E-state index < -0.39 is 0 Å². The number of halogens is 1. The van der Waals surface area contributed by atoms with Gasteiger partial charge in [0.15, 0.2) is 5.78 Å². The Labute approximate surface area is 144 Å². The average Bonchev–Trinajstić information content (AvgIpc) is 3.11. The molecule has 0 aromatic heterocycles. The molecule has 25 heavy (non-hydrogen) atoms. The standard InChI is InChI=1S/C17H20FN5O2/c18-12-3-1-10(2-4-12)14(24)11-5-7-23(8-6-11)17-20-15-13(9-19-22-15)16(25)21-17/h1-4,11,13,15,19,22H,5-9H2,(H,20,21,25). The molecule has 3 N–H and O–H groups in total. The molecule has 0 spiro atoms. The molecule has 4 rings (SSSR count). The quantitative estimate of drug-likeness (QED) is 0.670. The van der Waals surface area contributed by atoms with Gasteiger partial charge in [0, 0.05) is 31.1 Å². The van der Waals surface area contributed by atoms with Crippen LogP contribution < -0.4 is 16.2 Å². The monoisotopic (exact) mass is 345 g/mol. The number of aliphatic imine (C=N–C) groups is 1. The number of nitrogens with zero attached hydrogens (tertiary/aromatic N) is 2. The Morgan fingerprint density at radius 1 is 1.20 bits per heavy atom. The van der Waals surface area contributed by atoms with Gasteiger partial charge in [0.05, 0.1) is 5.92 Å². The predicted molar refractivity (Wildman–Crippen MR) is 89.0 cm³/mol. The van der Waals surface area contributed by atoms with E-state index in [-0.39, 0.29) is 35.5 Å². The Hall–Kier alpha value is -2.32. The Morgan fingerprint density at radius 3 is 2.64 bits per heavy atom. The molecule has 2 unspecified atom stereocenters. The van der Waals surface area contributed by atoms with Gasteiger partial charge in [-0.15, -0.1) is 0 Å². The van der Waals surface area contributed by atoms with Crippen LogP contribution in [0.5, 0.6) is 0 Å². The molecule has 0 aliphatic carbocycles. The predicted octanol–water partition coefficient (Wildman–Crippen LogP) is 0.256. The third kappa shape index (κ3) is 3.14. The normalized spacial score (nSPS) is 26.8. The number of ketones is 1. The van der Waals surface area contributed by atoms with E-state index in [0.29, 0.717) is 44.0 Å². The van der Waals surface area contributed by atoms with E-state index in [0.717, 1.165) is 0 Å². The zero-order chi connectivity index (χ0) is 17.4. The number of hydrogen-bond acceptors (Lipinski definition) is 6. The van der Waals surface area contributed by atoms with Crippen molar-refractivity contribution in [2.24, 2.45) is 16.8 Å². The minimum atomic E-state index is -0.342. The van der Waals surface area contributed by atoms with Crippen LogP contribution in [0, 0.1) is 17.7 Å². The molecule has 0 bridgehead atoms. The first-order valence-electron chi connectivity index (χ1n) is 8.53. The zero-order valence-electron chi connectivity index (χ0n) is 13.7. The summed E-state index contributed by atoms with van der Waals surface area (Å²) in [5, 5.41) is 2.87. The summed E-state index contributed by atoms with van der Waals surface area (Å²) in [4.78, 5) is 31.2. The van der Waals surface area contributed by atoms with Crippen molar-refractivity contribution in [1.29, 1.82) is 0 Å². The van der Waals surface area contributed by atoms with Crippen LogP contribution in [0.4, 0.5) is 4.39 Å². The first-order chi connectivity index (χ1) is 12.1. The lowest BCUT2D eigenvalue weighted by molar-refractivity contribution is -0.124. The number of hydrogen-bond donors (Lipinski definition) is 3. The number of likely N-dealkylation sites (tertiary alicyclic amines) is 1. The molecule has 2 atom stereocenters. The second-order valence-corrected chi connectivity index (χ2v) is 6.65. The van der Waals surface area contributed by atoms with Crippen molar-refractivity contribution < 1.29 is 14.0 Å². The Balaban J connectivity index is 1.39. The number of carbonyl (C=O) groups is 2. The van der Waals surface area contributed by atoms with Gasteiger partial charge in [0.25, 0.3) is 0 Å². The first-order valence-corrected chi connectivity index (χ1v) is 8.53. The molecule has 1 amide bonds. The Bertz CT molecular complexity index is 712. The number of fused-ring (bicyclic) bond motifs is 1. The van der Waals surface area contributed by atoms with Gasteiger partial charge in [0.2, 0.25) is 11.9 Å². The van der Waals surface area contributed by atoms with E-state index in [2.05, 4.69) is 21.2 Å². The topological polar surface area (TPSA) is 85.8 Å². The van der Waals surface area contributed by atoms with Crippen LogP contribution in [-0.2, 0) is 4.79 Å². The fraction of sp³-hybridized carbons (Fsp3) is 0.471. The van der Waals surface area contributed by atoms with Crippen molar-refractivity contribution in [3.05, 3.63) is 35.6 Å². The lowest BCUT2D eigenvalue weighted by Crippen LogP contribution is -2.55. The van der Waals surface area contributed by atoms with Crippen molar-refractivity contribution in [2.45, 2.75) is 19.0 Å². The van der Waals surface area contributed by atoms with Crippen molar-refractivity contribution in [3.63, 3.8) is 0 Å². The minimum absolute atomic E-state index is 0.0305. The summed E-state index contributed by atoms with van der Waals surface area (Å²) in [6.45, 7) is 1.88. The van der Waals surface area contributed by atoms with E-state index in [1.54, 1.807) is 0 Å². The average molecular weight is 345 g/mol. The summed E-state index contributed by atoms with van der Waals surface area (Å²) >= 11 is 0. The van der Waals surface area contributed by atoms with Crippen LogP contribution in [0.2, 0.25) is 0 Å². The van der Waals surface area contributed by atoms with Gasteiger partial charge in [-0.1, -0.05) is 0 Å². The van der Waals surface area contributed by atoms with Crippen LogP contribution in [0.1, 0.15) is 23.2 Å². The summed E-state index contributed by atoms with van der Waals surface area (Å²) in [6.07, 6.45) is 1.14. The SMILES string of the molecule is O=C(c1ccc(F)cc1)C1CCN(C2=NC3NNCC3C(=O)N2)CC1. The second-order valence-electron chi connectivity index (χ2n) is 6.65. The van der Waals surface area contributed by atoms with Gasteiger partial charge in [-0.3, -0.25) is 20.3 Å². The maximum atomic E-state index is 13.0. The van der Waals surface area contributed by atoms with Crippen LogP contribution in [-0.4, -0.2) is 48.3 Å². The summed E-state index contributed by atoms with van der Waals surface area (Å²) in [6, 6.07) is 5.70. The number of rotatable bonds is 2. The fourth-order valence-corrected chi connectivity index (χ4v) is 3.57. The van der Waals surface area contributed by atoms with E-state index in [1.807, 2.05) is 4.90 Å². The summed E-state index contributed by atoms with van der Waals surface area (Å²) in [5.74, 6) is -0.00385. The molecular weight excluding hydrogens is 325 g/mol. The molecule has 2 saturated heterocycles. The minimum Gasteiger partial charge on any atom is -0.343 e. The van der Waals surface area contributed by atoms with Crippen LogP contribution in [0.25, 0.3) is 0 Å². The van der Waals surface area contributed by atoms with Crippen molar-refractivity contribution in [1.82, 2.24) is 21.1 Å². The largest absolute Gasteiger partial charge is 0.343 e. The summed E-state index contributed by atoms with van der Waals surface area (Å²) < 4.78 is 13.0. The Kier molecular flexibility index (Phi) is 4.22. The number of guanidine groups is 1. The molecular formula is C17H20FN5O2. The van der Waals surface area contributed by atoms with Crippen LogP contribution in [0.3, 0.4) is 0 Å². The zero-order valence-corrected chi connectivity index (χ0v) is 13.7. The van der Waals surface area contributed by atoms with Crippen LogP contribution in [0.15, 0.2) is 29.3 Å². The maximum absolute atomic E-state index is 13.0. The molecule has 3 aliphatic rings. The highest BCUT2D eigenvalue weighted by Gasteiger charge is 2.38. The molecule has 1 aromatic rings. The van der Waals surface area contributed by atoms with E-state index in [9.17, 15) is 14.0 Å². The second kappa shape index (κ2) is 6.53. The maximum Gasteiger partial charge on any atom is 0.234 e. The van der Waals surface area contributed by atoms with Crippen molar-refractivity contribution >= 4 is 17.6 Å². The van der Waals surface area contributed by atoms with E-state index in [4.69, 9.17) is 0 Å². The highest BCUT2D eigenvalue weighted by Crippen LogP contribution is 2.23. The Morgan fingerprint density at radius 2 is 1.92 bits per heavy atom. The number of carbonyl (C=O) groups excluding carboxylic acids is 2. The third-order valence-electron chi connectivity index (χ3n) is 5.08. The summed E-state index contributed by atoms with van der Waals surface area (Å²) in [7, 11) is 0. The molecule has 3 heterocycles. The number of hydrazine groups is 1. The molecule has 2 fully saturated rings. The number of Topliss-reactive ketones (excluding diaryl/α,β-unsaturated/α-hetero) is 1. The van der Waals surface area contributed by atoms with Gasteiger partial charge in [-0.25, -0.2) is 14.8 Å². The lowest BCUT2D eigenvalue weighted by Gasteiger charge is -2.36. The van der Waals surface area contributed by atoms with Gasteiger partial charge in [-0.2, -0.15) is 0 Å². The van der Waals surface area contributed by atoms with Gasteiger partial charge in [0.1, 0.15) is 12.0 Å². The van der Waals surface area contributed by atoms with Crippen molar-refractivity contribution in [2.75, 3.05) is 19.6 Å². The fourth-order valence-electron chi connectivity index (χ4n) is 3.57. The highest BCUT2D eigenvalue weighted by atomic mass is 19.1. The smallest absolute Gasteiger partial charge is 0.234 e. The number of amides is 1. The molecule has 1 aromatic carbocycles. The molecule has 132 valence electrons. The summed E-state index contributed by atoms with van der Waals surface area (Å²) in [5.41, 5.74) is 6.50. The third-order valence-corrected chi connectivity index (χ3v) is 5.08. The molecule has 8 heteroatoms. The van der Waals surface area contributed by atoms with Gasteiger partial charge < -0.3 is 4.90 Å². The molecule has 3 aliphatic heterocycles. The highest BCUT2D eigenvalue weighted by molar-refractivity contribution is 6.01. The number of piperidine rings is 1. The van der Waals surface area contributed by atoms with Crippen LogP contribution >= 0.6 is 0 Å². The molecule has 7 nitrogen and oxygen atoms in total. The first kappa shape index (κ1) is 16.2. The van der Waals surface area contributed by atoms with E-state index >= 15 is 0 Å². The van der Waals surface area contributed by atoms with E-state index in [1.165, 1.54) is 24.3 Å². The lowest BCUT2D eigenvalue weighted by atomic mass is 9.89.